The van der Waals surface area contributed by atoms with Crippen LogP contribution in [0.3, 0.4) is 0 Å². The van der Waals surface area contributed by atoms with Gasteiger partial charge in [-0.25, -0.2) is 0 Å². The number of hydrogen-bond donors (Lipinski definition) is 0. The number of hydrogen-bond acceptors (Lipinski definition) is 3. The van der Waals surface area contributed by atoms with E-state index in [4.69, 9.17) is 16.3 Å². The molecule has 3 heterocycles. The summed E-state index contributed by atoms with van der Waals surface area (Å²) in [4.78, 5) is 30.5. The molecule has 0 bridgehead atoms. The van der Waals surface area contributed by atoms with Crippen LogP contribution in [-0.4, -0.2) is 59.5 Å². The van der Waals surface area contributed by atoms with Gasteiger partial charge in [-0.15, -0.1) is 0 Å². The van der Waals surface area contributed by atoms with Crippen molar-refractivity contribution in [2.75, 3.05) is 33.3 Å². The molecule has 2 saturated heterocycles. The van der Waals surface area contributed by atoms with Crippen LogP contribution in [0.15, 0.2) is 67.0 Å². The molecule has 0 radical (unpaired) electrons. The van der Waals surface area contributed by atoms with Crippen molar-refractivity contribution < 1.29 is 14.3 Å². The van der Waals surface area contributed by atoms with Crippen molar-refractivity contribution in [3.05, 3.63) is 83.1 Å². The van der Waals surface area contributed by atoms with Gasteiger partial charge in [0.05, 0.1) is 23.9 Å². The van der Waals surface area contributed by atoms with E-state index in [0.29, 0.717) is 48.1 Å². The van der Waals surface area contributed by atoms with E-state index in [1.807, 2.05) is 63.2 Å². The van der Waals surface area contributed by atoms with Crippen LogP contribution in [0.1, 0.15) is 40.0 Å². The monoisotopic (exact) mass is 477 g/mol. The highest BCUT2D eigenvalue weighted by atomic mass is 35.5. The smallest absolute Gasteiger partial charge is 0.257 e. The second-order valence-corrected chi connectivity index (χ2v) is 9.66. The lowest BCUT2D eigenvalue weighted by molar-refractivity contribution is 0.0565. The average molecular weight is 478 g/mol. The number of halogens is 1. The second kappa shape index (κ2) is 9.18. The molecule has 0 atom stereocenters. The van der Waals surface area contributed by atoms with Crippen LogP contribution in [0, 0.1) is 5.41 Å². The second-order valence-electron chi connectivity index (χ2n) is 9.22. The van der Waals surface area contributed by atoms with Crippen LogP contribution in [0.2, 0.25) is 5.02 Å². The number of likely N-dealkylation sites (tertiary alicyclic amines) is 2. The van der Waals surface area contributed by atoms with Gasteiger partial charge < -0.3 is 19.1 Å². The van der Waals surface area contributed by atoms with Gasteiger partial charge in [0.2, 0.25) is 0 Å². The molecule has 0 aliphatic carbocycles. The third-order valence-corrected chi connectivity index (χ3v) is 7.48. The number of carbonyl (C=O) groups excluding carboxylic acids is 2. The molecule has 2 aliphatic heterocycles. The fraction of sp³-hybridized carbons (Fsp3) is 0.333. The molecule has 7 heteroatoms. The van der Waals surface area contributed by atoms with Crippen molar-refractivity contribution in [3.8, 4) is 11.4 Å². The first-order valence-corrected chi connectivity index (χ1v) is 12.0. The third kappa shape index (κ3) is 4.18. The Hall–Kier alpha value is -3.25. The Kier molecular flexibility index (Phi) is 6.09. The van der Waals surface area contributed by atoms with E-state index >= 15 is 0 Å². The predicted octanol–water partition coefficient (Wildman–Crippen LogP) is 4.91. The van der Waals surface area contributed by atoms with E-state index in [2.05, 4.69) is 0 Å². The van der Waals surface area contributed by atoms with Crippen molar-refractivity contribution in [3.63, 3.8) is 0 Å². The number of methoxy groups -OCH3 is 1. The van der Waals surface area contributed by atoms with E-state index in [1.54, 1.807) is 25.3 Å². The minimum Gasteiger partial charge on any atom is -0.496 e. The van der Waals surface area contributed by atoms with E-state index in [1.165, 1.54) is 0 Å². The van der Waals surface area contributed by atoms with Crippen molar-refractivity contribution in [1.29, 1.82) is 0 Å². The van der Waals surface area contributed by atoms with Crippen LogP contribution < -0.4 is 4.74 Å². The van der Waals surface area contributed by atoms with Crippen molar-refractivity contribution in [2.45, 2.75) is 19.3 Å². The molecule has 1 aromatic heterocycles. The van der Waals surface area contributed by atoms with Gasteiger partial charge in [-0.1, -0.05) is 23.7 Å². The molecule has 1 spiro atoms. The summed E-state index contributed by atoms with van der Waals surface area (Å²) in [7, 11) is 1.56. The maximum atomic E-state index is 13.4. The molecule has 3 aromatic rings. The molecule has 0 N–H and O–H groups in total. The number of ether oxygens (including phenoxy) is 1. The Morgan fingerprint density at radius 1 is 0.853 bits per heavy atom. The number of amides is 2. The molecule has 5 rings (SSSR count). The summed E-state index contributed by atoms with van der Waals surface area (Å²) in [5, 5.41) is 0.519. The van der Waals surface area contributed by atoms with Gasteiger partial charge in [0.25, 0.3) is 11.8 Å². The van der Waals surface area contributed by atoms with Gasteiger partial charge in [0, 0.05) is 43.6 Å². The van der Waals surface area contributed by atoms with Crippen LogP contribution in [0.5, 0.6) is 5.75 Å². The number of benzene rings is 2. The third-order valence-electron chi connectivity index (χ3n) is 7.25. The highest BCUT2D eigenvalue weighted by molar-refractivity contribution is 6.31. The number of rotatable bonds is 4. The summed E-state index contributed by atoms with van der Waals surface area (Å²) in [6.07, 6.45) is 6.64. The van der Waals surface area contributed by atoms with Crippen molar-refractivity contribution in [2.24, 2.45) is 5.41 Å². The van der Waals surface area contributed by atoms with Crippen LogP contribution in [-0.2, 0) is 0 Å². The summed E-state index contributed by atoms with van der Waals surface area (Å²) in [5.74, 6) is 0.557. The van der Waals surface area contributed by atoms with Gasteiger partial charge in [0.1, 0.15) is 5.75 Å². The Morgan fingerprint density at radius 2 is 1.50 bits per heavy atom. The zero-order valence-corrected chi connectivity index (χ0v) is 20.0. The predicted molar refractivity (Wildman–Crippen MR) is 132 cm³/mol. The molecule has 2 amide bonds. The summed E-state index contributed by atoms with van der Waals surface area (Å²) >= 11 is 6.14. The van der Waals surface area contributed by atoms with Crippen LogP contribution >= 0.6 is 11.6 Å². The Bertz CT molecular complexity index is 1200. The first kappa shape index (κ1) is 22.5. The van der Waals surface area contributed by atoms with Crippen LogP contribution in [0.25, 0.3) is 5.69 Å². The number of carbonyl (C=O) groups is 2. The molecule has 2 aromatic carbocycles. The molecule has 6 nitrogen and oxygen atoms in total. The molecule has 2 aliphatic rings. The lowest BCUT2D eigenvalue weighted by Gasteiger charge is -2.39. The van der Waals surface area contributed by atoms with E-state index in [9.17, 15) is 9.59 Å². The lowest BCUT2D eigenvalue weighted by Crippen LogP contribution is -2.45. The fourth-order valence-electron chi connectivity index (χ4n) is 5.26. The summed E-state index contributed by atoms with van der Waals surface area (Å²) in [5.41, 5.74) is 2.16. The first-order chi connectivity index (χ1) is 16.5. The van der Waals surface area contributed by atoms with E-state index in [0.717, 1.165) is 24.9 Å². The number of aromatic nitrogens is 1. The number of piperidine rings is 1. The van der Waals surface area contributed by atoms with Gasteiger partial charge in [0.15, 0.2) is 0 Å². The molecule has 0 unspecified atom stereocenters. The van der Waals surface area contributed by atoms with E-state index in [-0.39, 0.29) is 17.2 Å². The Labute approximate surface area is 204 Å². The summed E-state index contributed by atoms with van der Waals surface area (Å²) < 4.78 is 7.36. The zero-order valence-electron chi connectivity index (χ0n) is 19.2. The zero-order chi connectivity index (χ0) is 23.7. The minimum absolute atomic E-state index is 0.0459. The SMILES string of the molecule is COc1ccc(Cl)cc1C(=O)N1CCC2(CCN(C(=O)c3ccccc3-n3cccc3)CC2)C1. The molecule has 2 fully saturated rings. The molecule has 34 heavy (non-hydrogen) atoms. The molecular formula is C27H28ClN3O3. The van der Waals surface area contributed by atoms with Gasteiger partial charge in [-0.3, -0.25) is 9.59 Å². The standard InChI is InChI=1S/C27H28ClN3O3/c1-34-24-9-8-20(28)18-22(24)26(33)31-17-12-27(19-31)10-15-30(16-11-27)25(32)21-6-2-3-7-23(21)29-13-4-5-14-29/h2-9,13-14,18H,10-12,15-17,19H2,1H3. The normalized spacial score (nSPS) is 17.2. The van der Waals surface area contributed by atoms with Crippen molar-refractivity contribution >= 4 is 23.4 Å². The molecule has 176 valence electrons. The topological polar surface area (TPSA) is 54.8 Å². The van der Waals surface area contributed by atoms with Gasteiger partial charge >= 0.3 is 0 Å². The maximum absolute atomic E-state index is 13.4. The minimum atomic E-state index is -0.0459. The average Bonchev–Trinajstić information content (AvgIpc) is 3.55. The highest BCUT2D eigenvalue weighted by Gasteiger charge is 2.43. The van der Waals surface area contributed by atoms with Crippen LogP contribution in [0.4, 0.5) is 0 Å². The largest absolute Gasteiger partial charge is 0.496 e. The summed E-state index contributed by atoms with van der Waals surface area (Å²) in [6.45, 7) is 2.80. The maximum Gasteiger partial charge on any atom is 0.257 e. The quantitative estimate of drug-likeness (QED) is 0.536. The first-order valence-electron chi connectivity index (χ1n) is 11.6. The van der Waals surface area contributed by atoms with Crippen molar-refractivity contribution in [1.82, 2.24) is 14.4 Å². The Morgan fingerprint density at radius 3 is 2.21 bits per heavy atom. The molecule has 0 saturated carbocycles. The van der Waals surface area contributed by atoms with Gasteiger partial charge in [-0.05, 0) is 67.1 Å². The summed E-state index contributed by atoms with van der Waals surface area (Å²) in [6, 6.07) is 16.8. The molecular weight excluding hydrogens is 450 g/mol. The lowest BCUT2D eigenvalue weighted by atomic mass is 9.77. The number of nitrogens with zero attached hydrogens (tertiary/aromatic N) is 3. The highest BCUT2D eigenvalue weighted by Crippen LogP contribution is 2.41. The Balaban J connectivity index is 1.26. The van der Waals surface area contributed by atoms with E-state index < -0.39 is 0 Å². The number of para-hydroxylation sites is 1. The van der Waals surface area contributed by atoms with Gasteiger partial charge in [-0.2, -0.15) is 0 Å². The fourth-order valence-corrected chi connectivity index (χ4v) is 5.44.